The lowest BCUT2D eigenvalue weighted by atomic mass is 9.81. The molecule has 0 aromatic rings. The number of unbranched alkanes of at least 4 members (excludes halogenated alkanes) is 4. The van der Waals surface area contributed by atoms with Crippen LogP contribution in [0.4, 0.5) is 0 Å². The number of carbonyl (C=O) groups excluding carboxylic acids is 2. The van der Waals surface area contributed by atoms with Crippen molar-refractivity contribution in [3.8, 4) is 0 Å². The van der Waals surface area contributed by atoms with E-state index in [0.29, 0.717) is 12.8 Å². The van der Waals surface area contributed by atoms with E-state index in [1.165, 1.54) is 0 Å². The third-order valence-corrected chi connectivity index (χ3v) is 6.66. The van der Waals surface area contributed by atoms with E-state index in [1.54, 1.807) is 0 Å². The van der Waals surface area contributed by atoms with Gasteiger partial charge in [0.1, 0.15) is 12.2 Å². The molecule has 2 N–H and O–H groups in total. The first-order valence-corrected chi connectivity index (χ1v) is 13.0. The van der Waals surface area contributed by atoms with Gasteiger partial charge >= 0.3 is 11.9 Å². The Labute approximate surface area is 202 Å². The Morgan fingerprint density at radius 1 is 0.576 bits per heavy atom. The SMILES string of the molecule is CC1(C)CC(OC(=O)CCCCCCCC(=O)OC2CC(C)(C)NC(C)(C)C2)CC(C)(C)N1. The molecule has 6 nitrogen and oxygen atoms in total. The Bertz CT molecular complexity index is 581. The van der Waals surface area contributed by atoms with Crippen LogP contribution in [0, 0.1) is 0 Å². The molecule has 0 amide bonds. The average molecular weight is 467 g/mol. The zero-order valence-corrected chi connectivity index (χ0v) is 22.6. The van der Waals surface area contributed by atoms with Gasteiger partial charge in [-0.2, -0.15) is 0 Å². The topological polar surface area (TPSA) is 76.7 Å². The number of carbonyl (C=O) groups is 2. The molecule has 2 heterocycles. The molecule has 0 aliphatic carbocycles. The zero-order valence-electron chi connectivity index (χ0n) is 22.6. The lowest BCUT2D eigenvalue weighted by molar-refractivity contribution is -0.154. The summed E-state index contributed by atoms with van der Waals surface area (Å²) in [5.74, 6) is -0.158. The van der Waals surface area contributed by atoms with Gasteiger partial charge < -0.3 is 20.1 Å². The molecule has 2 rings (SSSR count). The number of rotatable bonds is 10. The molecular formula is C27H50N2O4. The summed E-state index contributed by atoms with van der Waals surface area (Å²) in [6.07, 6.45) is 9.06. The van der Waals surface area contributed by atoms with Gasteiger partial charge in [0.25, 0.3) is 0 Å². The van der Waals surface area contributed by atoms with Gasteiger partial charge in [-0.25, -0.2) is 0 Å². The fraction of sp³-hybridized carbons (Fsp3) is 0.926. The van der Waals surface area contributed by atoms with E-state index in [9.17, 15) is 9.59 Å². The number of piperidine rings is 2. The molecule has 0 atom stereocenters. The molecule has 2 aliphatic heterocycles. The fourth-order valence-electron chi connectivity index (χ4n) is 6.18. The highest BCUT2D eigenvalue weighted by Crippen LogP contribution is 2.31. The highest BCUT2D eigenvalue weighted by atomic mass is 16.5. The molecular weight excluding hydrogens is 416 g/mol. The first-order valence-electron chi connectivity index (χ1n) is 13.0. The maximum absolute atomic E-state index is 12.3. The van der Waals surface area contributed by atoms with Crippen molar-refractivity contribution in [2.75, 3.05) is 0 Å². The second kappa shape index (κ2) is 11.1. The van der Waals surface area contributed by atoms with Gasteiger partial charge in [-0.05, 0) is 68.2 Å². The normalized spacial score (nSPS) is 24.2. The van der Waals surface area contributed by atoms with Crippen molar-refractivity contribution >= 4 is 11.9 Å². The van der Waals surface area contributed by atoms with Crippen molar-refractivity contribution < 1.29 is 19.1 Å². The molecule has 33 heavy (non-hydrogen) atoms. The van der Waals surface area contributed by atoms with E-state index in [2.05, 4.69) is 66.0 Å². The van der Waals surface area contributed by atoms with Crippen molar-refractivity contribution in [2.24, 2.45) is 0 Å². The molecule has 2 aliphatic rings. The summed E-state index contributed by atoms with van der Waals surface area (Å²) < 4.78 is 11.6. The largest absolute Gasteiger partial charge is 0.462 e. The summed E-state index contributed by atoms with van der Waals surface area (Å²) in [6.45, 7) is 17.3. The van der Waals surface area contributed by atoms with E-state index in [4.69, 9.17) is 9.47 Å². The highest BCUT2D eigenvalue weighted by molar-refractivity contribution is 5.70. The predicted octanol–water partition coefficient (Wildman–Crippen LogP) is 5.42. The molecule has 6 heteroatoms. The lowest BCUT2D eigenvalue weighted by Gasteiger charge is -2.45. The summed E-state index contributed by atoms with van der Waals surface area (Å²) in [7, 11) is 0. The maximum Gasteiger partial charge on any atom is 0.306 e. The molecule has 2 fully saturated rings. The van der Waals surface area contributed by atoms with Gasteiger partial charge in [-0.15, -0.1) is 0 Å². The van der Waals surface area contributed by atoms with Gasteiger partial charge in [-0.1, -0.05) is 19.3 Å². The highest BCUT2D eigenvalue weighted by Gasteiger charge is 2.40. The first kappa shape index (κ1) is 28.1. The minimum absolute atomic E-state index is 0.00846. The third-order valence-electron chi connectivity index (χ3n) is 6.66. The smallest absolute Gasteiger partial charge is 0.306 e. The molecule has 0 aromatic heterocycles. The van der Waals surface area contributed by atoms with Gasteiger partial charge in [0.2, 0.25) is 0 Å². The first-order chi connectivity index (χ1) is 15.1. The summed E-state index contributed by atoms with van der Waals surface area (Å²) in [4.78, 5) is 24.6. The van der Waals surface area contributed by atoms with Crippen LogP contribution in [0.2, 0.25) is 0 Å². The molecule has 0 bridgehead atoms. The number of nitrogens with one attached hydrogen (secondary N) is 2. The third kappa shape index (κ3) is 10.8. The summed E-state index contributed by atoms with van der Waals surface area (Å²) in [5.41, 5.74) is -0.0788. The van der Waals surface area contributed by atoms with E-state index < -0.39 is 0 Å². The van der Waals surface area contributed by atoms with Crippen molar-refractivity contribution in [3.63, 3.8) is 0 Å². The van der Waals surface area contributed by atoms with Crippen molar-refractivity contribution in [2.45, 2.75) is 160 Å². The Morgan fingerprint density at radius 3 is 1.15 bits per heavy atom. The Balaban J connectivity index is 1.54. The van der Waals surface area contributed by atoms with Gasteiger partial charge in [0.15, 0.2) is 0 Å². The minimum atomic E-state index is -0.0788. The van der Waals surface area contributed by atoms with Crippen LogP contribution >= 0.6 is 0 Å². The van der Waals surface area contributed by atoms with Gasteiger partial charge in [0, 0.05) is 60.7 Å². The standard InChI is InChI=1S/C27H50N2O4/c1-24(2)16-20(17-25(3,4)28-24)32-22(30)14-12-10-9-11-13-15-23(31)33-21-18-26(5,6)29-27(7,8)19-21/h20-21,28-29H,9-19H2,1-8H3. The molecule has 0 unspecified atom stereocenters. The maximum atomic E-state index is 12.3. The Kier molecular flexibility index (Phi) is 9.42. The number of ether oxygens (including phenoxy) is 2. The predicted molar refractivity (Wildman–Crippen MR) is 133 cm³/mol. The van der Waals surface area contributed by atoms with Crippen LogP contribution in [0.15, 0.2) is 0 Å². The van der Waals surface area contributed by atoms with Crippen LogP contribution < -0.4 is 10.6 Å². The number of esters is 2. The Morgan fingerprint density at radius 2 is 0.848 bits per heavy atom. The number of hydrogen-bond acceptors (Lipinski definition) is 6. The van der Waals surface area contributed by atoms with Crippen molar-refractivity contribution in [1.82, 2.24) is 10.6 Å². The van der Waals surface area contributed by atoms with E-state index in [0.717, 1.165) is 57.8 Å². The van der Waals surface area contributed by atoms with E-state index in [-0.39, 0.29) is 46.3 Å². The average Bonchev–Trinajstić information content (AvgIpc) is 2.54. The molecule has 2 saturated heterocycles. The Hall–Kier alpha value is -1.14. The summed E-state index contributed by atoms with van der Waals surface area (Å²) in [6, 6.07) is 0. The van der Waals surface area contributed by atoms with E-state index in [1.807, 2.05) is 0 Å². The molecule has 0 radical (unpaired) electrons. The van der Waals surface area contributed by atoms with Crippen LogP contribution in [0.1, 0.15) is 126 Å². The second-order valence-corrected chi connectivity index (χ2v) is 13.1. The molecule has 0 aromatic carbocycles. The quantitative estimate of drug-likeness (QED) is 0.331. The number of hydrogen-bond donors (Lipinski definition) is 2. The van der Waals surface area contributed by atoms with Crippen LogP contribution in [-0.2, 0) is 19.1 Å². The van der Waals surface area contributed by atoms with Crippen LogP contribution in [0.25, 0.3) is 0 Å². The van der Waals surface area contributed by atoms with E-state index >= 15 is 0 Å². The monoisotopic (exact) mass is 466 g/mol. The minimum Gasteiger partial charge on any atom is -0.462 e. The van der Waals surface area contributed by atoms with Crippen LogP contribution in [0.3, 0.4) is 0 Å². The van der Waals surface area contributed by atoms with Gasteiger partial charge in [-0.3, -0.25) is 9.59 Å². The molecule has 0 saturated carbocycles. The summed E-state index contributed by atoms with van der Waals surface area (Å²) >= 11 is 0. The van der Waals surface area contributed by atoms with Crippen LogP contribution in [-0.4, -0.2) is 46.3 Å². The molecule has 0 spiro atoms. The zero-order chi connectivity index (χ0) is 24.9. The summed E-state index contributed by atoms with van der Waals surface area (Å²) in [5, 5.41) is 7.24. The lowest BCUT2D eigenvalue weighted by Crippen LogP contribution is -2.59. The van der Waals surface area contributed by atoms with Crippen LogP contribution in [0.5, 0.6) is 0 Å². The second-order valence-electron chi connectivity index (χ2n) is 13.1. The molecule has 192 valence electrons. The van der Waals surface area contributed by atoms with Gasteiger partial charge in [0.05, 0.1) is 0 Å². The fourth-order valence-corrected chi connectivity index (χ4v) is 6.18. The van der Waals surface area contributed by atoms with Crippen molar-refractivity contribution in [3.05, 3.63) is 0 Å². The van der Waals surface area contributed by atoms with Crippen molar-refractivity contribution in [1.29, 1.82) is 0 Å².